The molecule has 0 saturated heterocycles. The average molecular weight is 410 g/mol. The van der Waals surface area contributed by atoms with E-state index in [0.717, 1.165) is 29.7 Å². The molecule has 1 amide bonds. The van der Waals surface area contributed by atoms with Gasteiger partial charge in [-0.3, -0.25) is 9.89 Å². The highest BCUT2D eigenvalue weighted by Crippen LogP contribution is 2.32. The van der Waals surface area contributed by atoms with Crippen LogP contribution < -0.4 is 14.9 Å². The highest BCUT2D eigenvalue weighted by atomic mass is 32.1. The Morgan fingerprint density at radius 3 is 2.83 bits per heavy atom. The lowest BCUT2D eigenvalue weighted by Gasteiger charge is -2.09. The van der Waals surface area contributed by atoms with E-state index in [0.29, 0.717) is 16.4 Å². The second-order valence-corrected chi connectivity index (χ2v) is 7.87. The van der Waals surface area contributed by atoms with Gasteiger partial charge in [0.1, 0.15) is 0 Å². The Bertz CT molecular complexity index is 1030. The number of fused-ring (bicyclic) bond motifs is 1. The predicted octanol–water partition coefficient (Wildman–Crippen LogP) is 3.80. The molecule has 0 bridgehead atoms. The normalized spacial score (nSPS) is 13.3. The zero-order valence-corrected chi connectivity index (χ0v) is 17.1. The number of amides is 1. The van der Waals surface area contributed by atoms with Crippen LogP contribution in [-0.2, 0) is 12.8 Å². The summed E-state index contributed by atoms with van der Waals surface area (Å²) >= 11 is 1.57. The Labute approximate surface area is 172 Å². The van der Waals surface area contributed by atoms with Crippen molar-refractivity contribution in [3.63, 3.8) is 0 Å². The lowest BCUT2D eigenvalue weighted by atomic mass is 9.99. The van der Waals surface area contributed by atoms with Crippen molar-refractivity contribution in [3.8, 4) is 22.8 Å². The maximum atomic E-state index is 12.4. The Balaban J connectivity index is 1.48. The van der Waals surface area contributed by atoms with Gasteiger partial charge in [-0.2, -0.15) is 10.2 Å². The highest BCUT2D eigenvalue weighted by Gasteiger charge is 2.17. The molecule has 150 valence electrons. The van der Waals surface area contributed by atoms with Gasteiger partial charge >= 0.3 is 0 Å². The lowest BCUT2D eigenvalue weighted by Crippen LogP contribution is -2.16. The van der Waals surface area contributed by atoms with Gasteiger partial charge in [0.15, 0.2) is 11.5 Å². The number of carbonyl (C=O) groups is 1. The van der Waals surface area contributed by atoms with Crippen LogP contribution in [0.25, 0.3) is 11.3 Å². The topological polar surface area (TPSA) is 88.6 Å². The van der Waals surface area contributed by atoms with Crippen molar-refractivity contribution in [2.45, 2.75) is 25.7 Å². The zero-order valence-electron chi connectivity index (χ0n) is 16.3. The van der Waals surface area contributed by atoms with E-state index in [9.17, 15) is 4.79 Å². The molecule has 0 atom stereocenters. The first-order chi connectivity index (χ1) is 14.2. The minimum Gasteiger partial charge on any atom is -0.493 e. The van der Waals surface area contributed by atoms with Crippen LogP contribution in [0.15, 0.2) is 35.6 Å². The molecule has 2 heterocycles. The molecule has 29 heavy (non-hydrogen) atoms. The van der Waals surface area contributed by atoms with Crippen molar-refractivity contribution < 1.29 is 14.3 Å². The number of hydrogen-bond acceptors (Lipinski definition) is 6. The summed E-state index contributed by atoms with van der Waals surface area (Å²) in [4.78, 5) is 14.5. The van der Waals surface area contributed by atoms with Crippen LogP contribution in [0.1, 0.15) is 38.5 Å². The minimum absolute atomic E-state index is 0.184. The number of aromatic amines is 1. The summed E-state index contributed by atoms with van der Waals surface area (Å²) in [7, 11) is 3.19. The van der Waals surface area contributed by atoms with Crippen LogP contribution in [-0.4, -0.2) is 36.5 Å². The number of ether oxygens (including phenoxy) is 2. The van der Waals surface area contributed by atoms with E-state index in [1.807, 2.05) is 24.3 Å². The molecule has 7 nitrogen and oxygen atoms in total. The number of aryl methyl sites for hydroxylation is 2. The van der Waals surface area contributed by atoms with Crippen molar-refractivity contribution in [2.24, 2.45) is 5.10 Å². The van der Waals surface area contributed by atoms with Gasteiger partial charge in [-0.25, -0.2) is 5.43 Å². The largest absolute Gasteiger partial charge is 0.493 e. The number of nitrogens with zero attached hydrogens (tertiary/aromatic N) is 2. The number of nitrogens with one attached hydrogen (secondary N) is 2. The number of benzene rings is 1. The second-order valence-electron chi connectivity index (χ2n) is 6.74. The number of carbonyl (C=O) groups excluding carboxylic acids is 1. The predicted molar refractivity (Wildman–Crippen MR) is 113 cm³/mol. The Morgan fingerprint density at radius 2 is 2.03 bits per heavy atom. The molecule has 8 heteroatoms. The van der Waals surface area contributed by atoms with Gasteiger partial charge < -0.3 is 9.47 Å². The lowest BCUT2D eigenvalue weighted by molar-refractivity contribution is 0.0959. The number of hydrogen-bond donors (Lipinski definition) is 2. The summed E-state index contributed by atoms with van der Waals surface area (Å²) in [6, 6.07) is 7.59. The molecule has 4 rings (SSSR count). The Hall–Kier alpha value is -3.13. The molecule has 0 saturated carbocycles. The quantitative estimate of drug-likeness (QED) is 0.478. The molecule has 0 spiro atoms. The first-order valence-electron chi connectivity index (χ1n) is 9.40. The fourth-order valence-corrected chi connectivity index (χ4v) is 4.58. The molecule has 1 aliphatic rings. The van der Waals surface area contributed by atoms with Crippen LogP contribution in [0.3, 0.4) is 0 Å². The number of thiophene rings is 1. The van der Waals surface area contributed by atoms with Crippen LogP contribution in [0.4, 0.5) is 0 Å². The molecule has 3 aromatic rings. The molecule has 2 aromatic heterocycles. The summed E-state index contributed by atoms with van der Waals surface area (Å²) in [5.41, 5.74) is 6.33. The summed E-state index contributed by atoms with van der Waals surface area (Å²) in [5.74, 6) is 1.09. The Morgan fingerprint density at radius 1 is 1.21 bits per heavy atom. The van der Waals surface area contributed by atoms with E-state index in [2.05, 4.69) is 20.7 Å². The molecule has 1 aromatic carbocycles. The van der Waals surface area contributed by atoms with Crippen molar-refractivity contribution >= 4 is 23.5 Å². The average Bonchev–Trinajstić information content (AvgIpc) is 3.40. The monoisotopic (exact) mass is 410 g/mol. The zero-order chi connectivity index (χ0) is 20.2. The molecule has 1 aliphatic carbocycles. The number of aromatic nitrogens is 2. The standard InChI is InChI=1S/C21H22N4O3S/c1-27-16-8-7-14(9-17(16)28-2)20-15(11-22-24-20)12-23-25-21(26)19-10-13-5-3-4-6-18(13)29-19/h7-12H,3-6H2,1-2H3,(H,22,24)(H,25,26). The third kappa shape index (κ3) is 4.02. The van der Waals surface area contributed by atoms with Crippen molar-refractivity contribution in [1.82, 2.24) is 15.6 Å². The first kappa shape index (κ1) is 19.2. The van der Waals surface area contributed by atoms with Gasteiger partial charge in [-0.1, -0.05) is 0 Å². The van der Waals surface area contributed by atoms with Gasteiger partial charge in [0.05, 0.1) is 37.2 Å². The van der Waals surface area contributed by atoms with Crippen LogP contribution >= 0.6 is 11.3 Å². The molecule has 2 N–H and O–H groups in total. The van der Waals surface area contributed by atoms with E-state index in [-0.39, 0.29) is 5.91 Å². The second kappa shape index (κ2) is 8.48. The first-order valence-corrected chi connectivity index (χ1v) is 10.2. The third-order valence-electron chi connectivity index (χ3n) is 4.93. The third-order valence-corrected chi connectivity index (χ3v) is 6.17. The Kier molecular flexibility index (Phi) is 5.62. The minimum atomic E-state index is -0.184. The molecule has 0 unspecified atom stereocenters. The van der Waals surface area contributed by atoms with Crippen LogP contribution in [0, 0.1) is 0 Å². The van der Waals surface area contributed by atoms with Gasteiger partial charge in [0.25, 0.3) is 5.91 Å². The number of rotatable bonds is 6. The highest BCUT2D eigenvalue weighted by molar-refractivity contribution is 7.14. The van der Waals surface area contributed by atoms with Crippen LogP contribution in [0.5, 0.6) is 11.5 Å². The molecular weight excluding hydrogens is 388 g/mol. The van der Waals surface area contributed by atoms with E-state index in [1.165, 1.54) is 23.3 Å². The maximum absolute atomic E-state index is 12.4. The molecule has 0 fully saturated rings. The van der Waals surface area contributed by atoms with E-state index in [1.54, 1.807) is 38.0 Å². The van der Waals surface area contributed by atoms with Gasteiger partial charge in [-0.05, 0) is 55.5 Å². The van der Waals surface area contributed by atoms with Gasteiger partial charge in [0.2, 0.25) is 0 Å². The maximum Gasteiger partial charge on any atom is 0.281 e. The summed E-state index contributed by atoms with van der Waals surface area (Å²) in [6.07, 6.45) is 7.77. The fourth-order valence-electron chi connectivity index (χ4n) is 3.43. The van der Waals surface area contributed by atoms with E-state index < -0.39 is 0 Å². The van der Waals surface area contributed by atoms with Gasteiger partial charge in [-0.15, -0.1) is 11.3 Å². The van der Waals surface area contributed by atoms with Gasteiger partial charge in [0, 0.05) is 16.0 Å². The van der Waals surface area contributed by atoms with Crippen LogP contribution in [0.2, 0.25) is 0 Å². The number of methoxy groups -OCH3 is 2. The summed E-state index contributed by atoms with van der Waals surface area (Å²) < 4.78 is 10.6. The smallest absolute Gasteiger partial charge is 0.281 e. The van der Waals surface area contributed by atoms with Crippen molar-refractivity contribution in [3.05, 3.63) is 51.3 Å². The number of hydrazone groups is 1. The molecule has 0 radical (unpaired) electrons. The summed E-state index contributed by atoms with van der Waals surface area (Å²) in [6.45, 7) is 0. The van der Waals surface area contributed by atoms with E-state index in [4.69, 9.17) is 9.47 Å². The molecular formula is C21H22N4O3S. The van der Waals surface area contributed by atoms with Crippen molar-refractivity contribution in [1.29, 1.82) is 0 Å². The molecule has 0 aliphatic heterocycles. The SMILES string of the molecule is COc1ccc(-c2[nH]ncc2C=NNC(=O)c2cc3c(s2)CCCC3)cc1OC. The summed E-state index contributed by atoms with van der Waals surface area (Å²) in [5, 5.41) is 11.2. The van der Waals surface area contributed by atoms with E-state index >= 15 is 0 Å². The fraction of sp³-hybridized carbons (Fsp3) is 0.286. The van der Waals surface area contributed by atoms with Crippen molar-refractivity contribution in [2.75, 3.05) is 14.2 Å². The number of H-pyrrole nitrogens is 1.